The summed E-state index contributed by atoms with van der Waals surface area (Å²) in [5.74, 6) is 0.379. The Balaban J connectivity index is 1.59. The molecule has 0 bridgehead atoms. The van der Waals surface area contributed by atoms with Gasteiger partial charge in [-0.3, -0.25) is 4.79 Å². The van der Waals surface area contributed by atoms with E-state index in [4.69, 9.17) is 16.3 Å². The second-order valence-corrected chi connectivity index (χ2v) is 9.07. The number of hydrogen-bond donors (Lipinski definition) is 1. The van der Waals surface area contributed by atoms with E-state index in [1.165, 1.54) is 4.68 Å². The number of hydrogen-bond acceptors (Lipinski definition) is 5. The van der Waals surface area contributed by atoms with Gasteiger partial charge in [-0.25, -0.2) is 13.1 Å². The zero-order chi connectivity index (χ0) is 18.9. The third-order valence-electron chi connectivity index (χ3n) is 4.21. The number of amides is 1. The van der Waals surface area contributed by atoms with Gasteiger partial charge in [0.15, 0.2) is 16.6 Å². The second-order valence-electron chi connectivity index (χ2n) is 6.46. The second kappa shape index (κ2) is 7.28. The molecule has 2 aromatic rings. The van der Waals surface area contributed by atoms with Crippen molar-refractivity contribution in [1.82, 2.24) is 15.1 Å². The summed E-state index contributed by atoms with van der Waals surface area (Å²) in [5, 5.41) is 7.59. The van der Waals surface area contributed by atoms with Crippen molar-refractivity contribution in [2.45, 2.75) is 33.0 Å². The van der Waals surface area contributed by atoms with E-state index >= 15 is 0 Å². The number of carbonyl (C=O) groups excluding carboxylic acids is 1. The fraction of sp³-hybridized carbons (Fsp3) is 0.412. The summed E-state index contributed by atoms with van der Waals surface area (Å²) in [7, 11) is -3.04. The Hall–Kier alpha value is -2.06. The van der Waals surface area contributed by atoms with E-state index in [0.29, 0.717) is 17.2 Å². The molecular formula is C17H20ClN3O4S. The molecule has 0 aliphatic carbocycles. The molecule has 1 aliphatic rings. The van der Waals surface area contributed by atoms with E-state index in [2.05, 4.69) is 10.4 Å². The monoisotopic (exact) mass is 397 g/mol. The third-order valence-corrected chi connectivity index (χ3v) is 6.58. The maximum atomic E-state index is 12.2. The normalized spacial score (nSPS) is 18.7. The molecular weight excluding hydrogens is 378 g/mol. The number of nitrogens with zero attached hydrogens (tertiary/aromatic N) is 2. The SMILES string of the molecule is Cc1cc(OCn2ccc(C(=O)NC3CCS(=O)(=O)C3)n2)cc(C)c1Cl. The van der Waals surface area contributed by atoms with E-state index in [1.54, 1.807) is 12.3 Å². The Kier molecular flexibility index (Phi) is 5.24. The minimum Gasteiger partial charge on any atom is -0.471 e. The number of benzene rings is 1. The predicted molar refractivity (Wildman–Crippen MR) is 98.3 cm³/mol. The number of carbonyl (C=O) groups is 1. The molecule has 0 saturated carbocycles. The van der Waals surface area contributed by atoms with Gasteiger partial charge in [0, 0.05) is 17.3 Å². The van der Waals surface area contributed by atoms with Crippen LogP contribution in [0.15, 0.2) is 24.4 Å². The molecule has 0 spiro atoms. The predicted octanol–water partition coefficient (Wildman–Crippen LogP) is 2.11. The summed E-state index contributed by atoms with van der Waals surface area (Å²) in [4.78, 5) is 12.2. The number of sulfone groups is 1. The van der Waals surface area contributed by atoms with Gasteiger partial charge in [-0.05, 0) is 49.6 Å². The first-order valence-corrected chi connectivity index (χ1v) is 10.4. The summed E-state index contributed by atoms with van der Waals surface area (Å²) in [6.45, 7) is 3.95. The highest BCUT2D eigenvalue weighted by molar-refractivity contribution is 7.91. The van der Waals surface area contributed by atoms with Gasteiger partial charge in [-0.2, -0.15) is 5.10 Å². The van der Waals surface area contributed by atoms with Crippen LogP contribution >= 0.6 is 11.6 Å². The van der Waals surface area contributed by atoms with Gasteiger partial charge in [-0.1, -0.05) is 11.6 Å². The summed E-state index contributed by atoms with van der Waals surface area (Å²) < 4.78 is 30.1. The Labute approximate surface area is 157 Å². The quantitative estimate of drug-likeness (QED) is 0.834. The van der Waals surface area contributed by atoms with Crippen molar-refractivity contribution < 1.29 is 17.9 Å². The van der Waals surface area contributed by atoms with Crippen LogP contribution in [-0.4, -0.2) is 41.7 Å². The van der Waals surface area contributed by atoms with E-state index in [1.807, 2.05) is 26.0 Å². The minimum absolute atomic E-state index is 0.0160. The number of halogens is 1. The first-order valence-electron chi connectivity index (χ1n) is 8.18. The minimum atomic E-state index is -3.04. The van der Waals surface area contributed by atoms with Crippen LogP contribution in [0.1, 0.15) is 28.0 Å². The average Bonchev–Trinajstić information content (AvgIpc) is 3.17. The van der Waals surface area contributed by atoms with Crippen molar-refractivity contribution in [1.29, 1.82) is 0 Å². The standard InChI is InChI=1S/C17H20ClN3O4S/c1-11-7-14(8-12(2)16(11)18)25-10-21-5-3-15(20-21)17(22)19-13-4-6-26(23,24)9-13/h3,5,7-8,13H,4,6,9-10H2,1-2H3,(H,19,22). The van der Waals surface area contributed by atoms with Crippen LogP contribution < -0.4 is 10.1 Å². The molecule has 0 radical (unpaired) electrons. The van der Waals surface area contributed by atoms with Crippen molar-refractivity contribution in [2.75, 3.05) is 11.5 Å². The van der Waals surface area contributed by atoms with Gasteiger partial charge in [-0.15, -0.1) is 0 Å². The molecule has 1 aliphatic heterocycles. The number of nitrogens with one attached hydrogen (secondary N) is 1. The molecule has 1 aromatic carbocycles. The lowest BCUT2D eigenvalue weighted by atomic mass is 10.1. The number of aromatic nitrogens is 2. The smallest absolute Gasteiger partial charge is 0.272 e. The van der Waals surface area contributed by atoms with Crippen LogP contribution in [0, 0.1) is 13.8 Å². The summed E-state index contributed by atoms with van der Waals surface area (Å²) >= 11 is 6.14. The highest BCUT2D eigenvalue weighted by Gasteiger charge is 2.29. The summed E-state index contributed by atoms with van der Waals surface area (Å²) in [5.41, 5.74) is 2.07. The van der Waals surface area contributed by atoms with Gasteiger partial charge in [0.25, 0.3) is 5.91 Å². The van der Waals surface area contributed by atoms with Crippen LogP contribution in [0.2, 0.25) is 5.02 Å². The summed E-state index contributed by atoms with van der Waals surface area (Å²) in [6.07, 6.45) is 2.07. The molecule has 1 fully saturated rings. The van der Waals surface area contributed by atoms with Gasteiger partial charge < -0.3 is 10.1 Å². The number of aryl methyl sites for hydroxylation is 2. The average molecular weight is 398 g/mol. The molecule has 2 heterocycles. The molecule has 7 nitrogen and oxygen atoms in total. The molecule has 1 atom stereocenters. The van der Waals surface area contributed by atoms with Crippen molar-refractivity contribution in [3.8, 4) is 5.75 Å². The number of ether oxygens (including phenoxy) is 1. The highest BCUT2D eigenvalue weighted by Crippen LogP contribution is 2.26. The lowest BCUT2D eigenvalue weighted by Crippen LogP contribution is -2.35. The van der Waals surface area contributed by atoms with Crippen LogP contribution in [0.25, 0.3) is 0 Å². The zero-order valence-electron chi connectivity index (χ0n) is 14.5. The van der Waals surface area contributed by atoms with Crippen molar-refractivity contribution >= 4 is 27.3 Å². The first-order chi connectivity index (χ1) is 12.2. The topological polar surface area (TPSA) is 90.3 Å². The Morgan fingerprint density at radius 3 is 2.69 bits per heavy atom. The van der Waals surface area contributed by atoms with Gasteiger partial charge in [0.05, 0.1) is 11.5 Å². The van der Waals surface area contributed by atoms with Gasteiger partial charge in [0.1, 0.15) is 11.4 Å². The molecule has 9 heteroatoms. The van der Waals surface area contributed by atoms with Crippen molar-refractivity contribution in [3.05, 3.63) is 46.2 Å². The van der Waals surface area contributed by atoms with Crippen LogP contribution in [0.5, 0.6) is 5.75 Å². The van der Waals surface area contributed by atoms with Crippen LogP contribution in [0.4, 0.5) is 0 Å². The Morgan fingerprint density at radius 1 is 1.38 bits per heavy atom. The third kappa shape index (κ3) is 4.37. The molecule has 1 unspecified atom stereocenters. The Bertz CT molecular complexity index is 916. The lowest BCUT2D eigenvalue weighted by Gasteiger charge is -2.10. The van der Waals surface area contributed by atoms with Crippen LogP contribution in [-0.2, 0) is 16.6 Å². The van der Waals surface area contributed by atoms with Crippen molar-refractivity contribution in [3.63, 3.8) is 0 Å². The maximum absolute atomic E-state index is 12.2. The lowest BCUT2D eigenvalue weighted by molar-refractivity contribution is 0.0934. The van der Waals surface area contributed by atoms with Gasteiger partial charge in [0.2, 0.25) is 0 Å². The Morgan fingerprint density at radius 2 is 2.08 bits per heavy atom. The zero-order valence-corrected chi connectivity index (χ0v) is 16.1. The molecule has 1 aromatic heterocycles. The highest BCUT2D eigenvalue weighted by atomic mass is 35.5. The maximum Gasteiger partial charge on any atom is 0.272 e. The van der Waals surface area contributed by atoms with E-state index in [-0.39, 0.29) is 35.9 Å². The largest absolute Gasteiger partial charge is 0.471 e. The van der Waals surface area contributed by atoms with E-state index < -0.39 is 9.84 Å². The molecule has 26 heavy (non-hydrogen) atoms. The fourth-order valence-corrected chi connectivity index (χ4v) is 4.64. The number of rotatable bonds is 5. The molecule has 1 N–H and O–H groups in total. The van der Waals surface area contributed by atoms with E-state index in [9.17, 15) is 13.2 Å². The molecule has 1 saturated heterocycles. The summed E-state index contributed by atoms with van der Waals surface area (Å²) in [6, 6.07) is 4.90. The van der Waals surface area contributed by atoms with Gasteiger partial charge >= 0.3 is 0 Å². The molecule has 3 rings (SSSR count). The molecule has 140 valence electrons. The fourth-order valence-electron chi connectivity index (χ4n) is 2.85. The van der Waals surface area contributed by atoms with Crippen LogP contribution in [0.3, 0.4) is 0 Å². The van der Waals surface area contributed by atoms with Crippen molar-refractivity contribution in [2.24, 2.45) is 0 Å². The first kappa shape index (κ1) is 18.7. The molecule has 1 amide bonds. The van der Waals surface area contributed by atoms with E-state index in [0.717, 1.165) is 11.1 Å².